The van der Waals surface area contributed by atoms with Gasteiger partial charge in [-0.2, -0.15) is 0 Å². The molecule has 2 N–H and O–H groups in total. The molecule has 0 atom stereocenters. The second kappa shape index (κ2) is 3.91. The van der Waals surface area contributed by atoms with E-state index in [1.54, 1.807) is 6.20 Å². The molecule has 0 aliphatic carbocycles. The molecule has 2 rings (SSSR count). The van der Waals surface area contributed by atoms with Crippen LogP contribution >= 0.6 is 0 Å². The van der Waals surface area contributed by atoms with Crippen LogP contribution in [0.3, 0.4) is 0 Å². The number of nitrogens with one attached hydrogen (secondary N) is 2. The number of aromatic nitrogens is 2. The second-order valence-corrected chi connectivity index (χ2v) is 2.80. The summed E-state index contributed by atoms with van der Waals surface area (Å²) < 4.78 is 4.93. The van der Waals surface area contributed by atoms with Crippen molar-refractivity contribution in [2.24, 2.45) is 0 Å². The molecule has 0 radical (unpaired) electrons. The Balaban J connectivity index is 1.76. The molecule has 0 bridgehead atoms. The van der Waals surface area contributed by atoms with E-state index in [1.165, 1.54) is 5.56 Å². The van der Waals surface area contributed by atoms with Gasteiger partial charge in [-0.05, 0) is 11.6 Å². The zero-order valence-electron chi connectivity index (χ0n) is 7.16. The average Bonchev–Trinajstić information content (AvgIpc) is 2.75. The van der Waals surface area contributed by atoms with Crippen molar-refractivity contribution >= 4 is 0 Å². The molecule has 68 valence electrons. The van der Waals surface area contributed by atoms with Gasteiger partial charge in [0.05, 0.1) is 12.7 Å². The van der Waals surface area contributed by atoms with Crippen molar-refractivity contribution in [3.63, 3.8) is 0 Å². The average molecular weight is 177 g/mol. The summed E-state index contributed by atoms with van der Waals surface area (Å²) in [5, 5.41) is 6.85. The number of hydrogen-bond donors (Lipinski definition) is 2. The number of hydrogen-bond acceptors (Lipinski definition) is 3. The van der Waals surface area contributed by atoms with E-state index in [4.69, 9.17) is 4.52 Å². The van der Waals surface area contributed by atoms with Crippen molar-refractivity contribution in [1.29, 1.82) is 0 Å². The van der Waals surface area contributed by atoms with E-state index in [-0.39, 0.29) is 0 Å². The molecule has 4 heteroatoms. The minimum atomic E-state index is 0.713. The van der Waals surface area contributed by atoms with Gasteiger partial charge >= 0.3 is 0 Å². The number of H-pyrrole nitrogens is 1. The first-order valence-corrected chi connectivity index (χ1v) is 4.17. The molecular weight excluding hydrogens is 166 g/mol. The van der Waals surface area contributed by atoms with Crippen molar-refractivity contribution in [3.8, 4) is 0 Å². The lowest BCUT2D eigenvalue weighted by molar-refractivity contribution is 0.373. The van der Waals surface area contributed by atoms with E-state index in [2.05, 4.69) is 15.5 Å². The molecule has 2 aromatic rings. The highest BCUT2D eigenvalue weighted by Gasteiger charge is 1.96. The van der Waals surface area contributed by atoms with E-state index in [9.17, 15) is 0 Å². The number of nitrogens with zero attached hydrogens (tertiary/aromatic N) is 1. The minimum absolute atomic E-state index is 0.713. The minimum Gasteiger partial charge on any atom is -0.367 e. The molecule has 13 heavy (non-hydrogen) atoms. The van der Waals surface area contributed by atoms with Gasteiger partial charge in [0.2, 0.25) is 0 Å². The van der Waals surface area contributed by atoms with Gasteiger partial charge in [0.25, 0.3) is 0 Å². The van der Waals surface area contributed by atoms with Gasteiger partial charge < -0.3 is 14.8 Å². The molecule has 0 fully saturated rings. The molecule has 0 amide bonds. The highest BCUT2D eigenvalue weighted by atomic mass is 16.5. The van der Waals surface area contributed by atoms with Crippen LogP contribution in [-0.2, 0) is 13.1 Å². The number of rotatable bonds is 4. The highest BCUT2D eigenvalue weighted by Crippen LogP contribution is 1.98. The normalized spacial score (nSPS) is 10.5. The molecule has 2 heterocycles. The summed E-state index contributed by atoms with van der Waals surface area (Å²) in [6, 6.07) is 3.89. The van der Waals surface area contributed by atoms with Crippen molar-refractivity contribution in [2.75, 3.05) is 0 Å². The quantitative estimate of drug-likeness (QED) is 0.740. The zero-order chi connectivity index (χ0) is 8.93. The van der Waals surface area contributed by atoms with E-state index >= 15 is 0 Å². The Morgan fingerprint density at radius 2 is 2.38 bits per heavy atom. The van der Waals surface area contributed by atoms with E-state index in [1.807, 2.05) is 24.5 Å². The van der Waals surface area contributed by atoms with Crippen LogP contribution in [0.25, 0.3) is 0 Å². The second-order valence-electron chi connectivity index (χ2n) is 2.80. The molecular formula is C9H11N3O. The summed E-state index contributed by atoms with van der Waals surface area (Å²) in [5.74, 6) is 0.857. The Kier molecular flexibility index (Phi) is 2.43. The lowest BCUT2D eigenvalue weighted by atomic mass is 10.3. The summed E-state index contributed by atoms with van der Waals surface area (Å²) in [4.78, 5) is 3.00. The largest absolute Gasteiger partial charge is 0.367 e. The predicted molar refractivity (Wildman–Crippen MR) is 47.8 cm³/mol. The molecule has 0 unspecified atom stereocenters. The summed E-state index contributed by atoms with van der Waals surface area (Å²) in [6.07, 6.45) is 5.52. The van der Waals surface area contributed by atoms with E-state index in [0.717, 1.165) is 12.3 Å². The molecule has 0 saturated carbocycles. The third-order valence-electron chi connectivity index (χ3n) is 1.78. The Morgan fingerprint density at radius 1 is 1.38 bits per heavy atom. The standard InChI is InChI=1S/C9H11N3O/c1-3-10-5-8(1)6-11-7-9-2-4-12-13-9/h1-5,10-11H,6-7H2. The molecule has 0 aliphatic heterocycles. The Hall–Kier alpha value is -1.55. The van der Waals surface area contributed by atoms with Gasteiger partial charge in [0.1, 0.15) is 5.76 Å². The zero-order valence-corrected chi connectivity index (χ0v) is 7.16. The van der Waals surface area contributed by atoms with E-state index < -0.39 is 0 Å². The summed E-state index contributed by atoms with van der Waals surface area (Å²) in [6.45, 7) is 1.55. The van der Waals surface area contributed by atoms with Crippen LogP contribution in [0.2, 0.25) is 0 Å². The van der Waals surface area contributed by atoms with Crippen LogP contribution in [-0.4, -0.2) is 10.1 Å². The van der Waals surface area contributed by atoms with Gasteiger partial charge in [-0.15, -0.1) is 0 Å². The summed E-state index contributed by atoms with van der Waals surface area (Å²) in [5.41, 5.74) is 1.24. The first-order valence-electron chi connectivity index (χ1n) is 4.17. The SMILES string of the molecule is c1cc(CNCc2cc[nH]c2)on1. The third kappa shape index (κ3) is 2.19. The Morgan fingerprint density at radius 3 is 3.08 bits per heavy atom. The summed E-state index contributed by atoms with van der Waals surface area (Å²) in [7, 11) is 0. The molecule has 0 aromatic carbocycles. The van der Waals surface area contributed by atoms with Crippen LogP contribution < -0.4 is 5.32 Å². The smallest absolute Gasteiger partial charge is 0.150 e. The maximum Gasteiger partial charge on any atom is 0.150 e. The van der Waals surface area contributed by atoms with Gasteiger partial charge in [0, 0.05) is 25.0 Å². The van der Waals surface area contributed by atoms with Gasteiger partial charge in [-0.3, -0.25) is 0 Å². The predicted octanol–water partition coefficient (Wildman–Crippen LogP) is 1.29. The fraction of sp³-hybridized carbons (Fsp3) is 0.222. The first-order chi connectivity index (χ1) is 6.45. The third-order valence-corrected chi connectivity index (χ3v) is 1.78. The molecule has 4 nitrogen and oxygen atoms in total. The lowest BCUT2D eigenvalue weighted by Gasteiger charge is -1.98. The van der Waals surface area contributed by atoms with Crippen molar-refractivity contribution in [1.82, 2.24) is 15.5 Å². The fourth-order valence-electron chi connectivity index (χ4n) is 1.13. The van der Waals surface area contributed by atoms with Crippen LogP contribution in [0.5, 0.6) is 0 Å². The van der Waals surface area contributed by atoms with Crippen LogP contribution in [0.1, 0.15) is 11.3 Å². The fourth-order valence-corrected chi connectivity index (χ4v) is 1.13. The topological polar surface area (TPSA) is 53.9 Å². The van der Waals surface area contributed by atoms with Crippen LogP contribution in [0.15, 0.2) is 35.2 Å². The van der Waals surface area contributed by atoms with Gasteiger partial charge in [0.15, 0.2) is 0 Å². The summed E-state index contributed by atoms with van der Waals surface area (Å²) >= 11 is 0. The maximum absolute atomic E-state index is 4.93. The Bertz CT molecular complexity index is 291. The molecule has 0 aliphatic rings. The Labute approximate surface area is 75.9 Å². The van der Waals surface area contributed by atoms with Crippen molar-refractivity contribution in [3.05, 3.63) is 42.0 Å². The highest BCUT2D eigenvalue weighted by molar-refractivity contribution is 5.07. The number of aromatic amines is 1. The van der Waals surface area contributed by atoms with Crippen LogP contribution in [0.4, 0.5) is 0 Å². The monoisotopic (exact) mass is 177 g/mol. The van der Waals surface area contributed by atoms with Gasteiger partial charge in [-0.1, -0.05) is 5.16 Å². The molecule has 0 spiro atoms. The lowest BCUT2D eigenvalue weighted by Crippen LogP contribution is -2.11. The molecule has 0 saturated heterocycles. The van der Waals surface area contributed by atoms with Crippen molar-refractivity contribution < 1.29 is 4.52 Å². The maximum atomic E-state index is 4.93. The molecule has 2 aromatic heterocycles. The van der Waals surface area contributed by atoms with Crippen molar-refractivity contribution in [2.45, 2.75) is 13.1 Å². The van der Waals surface area contributed by atoms with Crippen LogP contribution in [0, 0.1) is 0 Å². The first kappa shape index (κ1) is 8.07. The van der Waals surface area contributed by atoms with E-state index in [0.29, 0.717) is 6.54 Å². The van der Waals surface area contributed by atoms with Gasteiger partial charge in [-0.25, -0.2) is 0 Å².